The average molecular weight is 451 g/mol. The van der Waals surface area contributed by atoms with E-state index in [1.54, 1.807) is 29.0 Å². The van der Waals surface area contributed by atoms with Crippen LogP contribution in [0.5, 0.6) is 0 Å². The summed E-state index contributed by atoms with van der Waals surface area (Å²) in [5.74, 6) is 0.216. The first kappa shape index (κ1) is 20.7. The van der Waals surface area contributed by atoms with Crippen LogP contribution >= 0.6 is 0 Å². The Kier molecular flexibility index (Phi) is 5.08. The fourth-order valence-electron chi connectivity index (χ4n) is 4.12. The van der Waals surface area contributed by atoms with Crippen molar-refractivity contribution in [3.05, 3.63) is 80.4 Å². The lowest BCUT2D eigenvalue weighted by Crippen LogP contribution is -2.23. The Morgan fingerprint density at radius 2 is 2.12 bits per heavy atom. The summed E-state index contributed by atoms with van der Waals surface area (Å²) >= 11 is 0. The fourth-order valence-corrected chi connectivity index (χ4v) is 4.12. The van der Waals surface area contributed by atoms with Crippen molar-refractivity contribution < 1.29 is 8.78 Å². The molecule has 3 aromatic heterocycles. The van der Waals surface area contributed by atoms with E-state index in [4.69, 9.17) is 5.41 Å². The van der Waals surface area contributed by atoms with Gasteiger partial charge in [-0.1, -0.05) is 12.1 Å². The Balaban J connectivity index is 1.51. The monoisotopic (exact) mass is 451 g/mol. The number of anilines is 1. The molecule has 1 aliphatic rings. The van der Waals surface area contributed by atoms with Crippen LogP contribution in [0.3, 0.4) is 0 Å². The fraction of sp³-hybridized carbons (Fsp3) is 0.227. The molecule has 11 heteroatoms. The molecule has 0 aliphatic heterocycles. The molecule has 0 spiro atoms. The Hall–Kier alpha value is -4.15. The summed E-state index contributed by atoms with van der Waals surface area (Å²) in [5, 5.41) is 14.7. The molecule has 0 radical (unpaired) electrons. The SMILES string of the molecule is N=Cc1ccc([C@@H]2C[C@H]2c2cc(-c3c[nH]c(=O)[nH]c3=O)nn3ccnc23)cc1NCC(F)F. The highest BCUT2D eigenvalue weighted by Crippen LogP contribution is 2.56. The standard InChI is InChI=1S/C22H19F2N7O2/c23-19(24)10-27-17-5-11(1-2-12(17)8-25)13-6-14(13)15-7-18(30-31-4-3-26-20(15)31)16-9-28-22(33)29-21(16)32/h1-5,7-9,13-14,19,25,27H,6,10H2,(H2,28,29,32,33)/t13-,14+/m0/s1. The molecule has 1 aliphatic carbocycles. The number of alkyl halides is 2. The molecule has 1 saturated carbocycles. The number of hydrogen-bond donors (Lipinski definition) is 4. The van der Waals surface area contributed by atoms with Gasteiger partial charge in [-0.15, -0.1) is 0 Å². The predicted molar refractivity (Wildman–Crippen MR) is 119 cm³/mol. The van der Waals surface area contributed by atoms with E-state index in [-0.39, 0.29) is 17.4 Å². The Bertz CT molecular complexity index is 1470. The minimum absolute atomic E-state index is 0.0901. The lowest BCUT2D eigenvalue weighted by Gasteiger charge is -2.12. The molecule has 1 fully saturated rings. The maximum Gasteiger partial charge on any atom is 0.325 e. The van der Waals surface area contributed by atoms with Crippen LogP contribution in [0.15, 0.2) is 52.4 Å². The molecule has 0 bridgehead atoms. The van der Waals surface area contributed by atoms with Crippen LogP contribution in [0.1, 0.15) is 34.9 Å². The van der Waals surface area contributed by atoms with E-state index in [1.165, 1.54) is 6.20 Å². The molecule has 0 amide bonds. The minimum Gasteiger partial charge on any atom is -0.379 e. The highest BCUT2D eigenvalue weighted by molar-refractivity contribution is 5.86. The van der Waals surface area contributed by atoms with Gasteiger partial charge in [-0.2, -0.15) is 5.10 Å². The van der Waals surface area contributed by atoms with Gasteiger partial charge in [0.05, 0.1) is 17.8 Å². The number of nitrogens with zero attached hydrogens (tertiary/aromatic N) is 3. The van der Waals surface area contributed by atoms with Crippen LogP contribution < -0.4 is 16.6 Å². The Morgan fingerprint density at radius 3 is 2.88 bits per heavy atom. The largest absolute Gasteiger partial charge is 0.379 e. The highest BCUT2D eigenvalue weighted by atomic mass is 19.3. The summed E-state index contributed by atoms with van der Waals surface area (Å²) < 4.78 is 27.0. The van der Waals surface area contributed by atoms with Gasteiger partial charge in [0.2, 0.25) is 0 Å². The Labute approximate surface area is 185 Å². The van der Waals surface area contributed by atoms with Crippen molar-refractivity contribution in [2.75, 3.05) is 11.9 Å². The second-order valence-corrected chi connectivity index (χ2v) is 7.88. The normalized spacial score (nSPS) is 17.4. The number of halogens is 2. The summed E-state index contributed by atoms with van der Waals surface area (Å²) in [6.07, 6.45) is 4.08. The first-order valence-electron chi connectivity index (χ1n) is 10.3. The number of benzene rings is 1. The zero-order chi connectivity index (χ0) is 23.1. The molecular formula is C22H19F2N7O2. The second kappa shape index (κ2) is 8.08. The van der Waals surface area contributed by atoms with Crippen LogP contribution in [0.2, 0.25) is 0 Å². The van der Waals surface area contributed by atoms with Gasteiger partial charge in [-0.3, -0.25) is 9.78 Å². The molecule has 5 rings (SSSR count). The summed E-state index contributed by atoms with van der Waals surface area (Å²) in [5.41, 5.74) is 3.06. The summed E-state index contributed by atoms with van der Waals surface area (Å²) in [6, 6.07) is 7.26. The van der Waals surface area contributed by atoms with Crippen molar-refractivity contribution in [3.8, 4) is 11.3 Å². The maximum atomic E-state index is 12.7. The van der Waals surface area contributed by atoms with Crippen molar-refractivity contribution in [1.82, 2.24) is 24.6 Å². The van der Waals surface area contributed by atoms with E-state index >= 15 is 0 Å². The van der Waals surface area contributed by atoms with Crippen molar-refractivity contribution in [1.29, 1.82) is 5.41 Å². The van der Waals surface area contributed by atoms with Gasteiger partial charge in [-0.05, 0) is 36.0 Å². The number of hydrogen-bond acceptors (Lipinski definition) is 6. The number of aromatic nitrogens is 5. The quantitative estimate of drug-likeness (QED) is 0.321. The Morgan fingerprint density at radius 1 is 1.27 bits per heavy atom. The van der Waals surface area contributed by atoms with Crippen LogP contribution in [0, 0.1) is 5.41 Å². The molecule has 0 saturated heterocycles. The molecule has 1 aromatic carbocycles. The van der Waals surface area contributed by atoms with E-state index in [9.17, 15) is 18.4 Å². The van der Waals surface area contributed by atoms with Gasteiger partial charge in [0.1, 0.15) is 0 Å². The van der Waals surface area contributed by atoms with Crippen molar-refractivity contribution in [2.24, 2.45) is 0 Å². The topological polar surface area (TPSA) is 132 Å². The van der Waals surface area contributed by atoms with Crippen LogP contribution in [-0.4, -0.2) is 43.8 Å². The van der Waals surface area contributed by atoms with Gasteiger partial charge < -0.3 is 15.7 Å². The average Bonchev–Trinajstić information content (AvgIpc) is 3.45. The number of H-pyrrole nitrogens is 2. The molecule has 4 N–H and O–H groups in total. The van der Waals surface area contributed by atoms with E-state index in [1.807, 2.05) is 12.1 Å². The van der Waals surface area contributed by atoms with Gasteiger partial charge in [-0.25, -0.2) is 23.1 Å². The van der Waals surface area contributed by atoms with E-state index in [2.05, 4.69) is 25.4 Å². The summed E-state index contributed by atoms with van der Waals surface area (Å²) in [7, 11) is 0. The van der Waals surface area contributed by atoms with Crippen molar-refractivity contribution in [2.45, 2.75) is 24.7 Å². The molecule has 2 atom stereocenters. The number of rotatable bonds is 7. The van der Waals surface area contributed by atoms with Crippen LogP contribution in [-0.2, 0) is 0 Å². The molecular weight excluding hydrogens is 432 g/mol. The van der Waals surface area contributed by atoms with E-state index in [0.29, 0.717) is 22.6 Å². The second-order valence-electron chi connectivity index (χ2n) is 7.88. The zero-order valence-electron chi connectivity index (χ0n) is 17.2. The van der Waals surface area contributed by atoms with Crippen LogP contribution in [0.25, 0.3) is 16.9 Å². The molecule has 33 heavy (non-hydrogen) atoms. The third-order valence-electron chi connectivity index (χ3n) is 5.78. The molecule has 168 valence electrons. The highest BCUT2D eigenvalue weighted by Gasteiger charge is 2.41. The molecule has 3 heterocycles. The third-order valence-corrected chi connectivity index (χ3v) is 5.78. The lowest BCUT2D eigenvalue weighted by molar-refractivity contribution is 0.163. The number of fused-ring (bicyclic) bond motifs is 1. The summed E-state index contributed by atoms with van der Waals surface area (Å²) in [4.78, 5) is 32.7. The number of imidazole rings is 1. The third kappa shape index (κ3) is 3.93. The zero-order valence-corrected chi connectivity index (χ0v) is 17.2. The molecule has 9 nitrogen and oxygen atoms in total. The van der Waals surface area contributed by atoms with Gasteiger partial charge in [0, 0.05) is 41.6 Å². The predicted octanol–water partition coefficient (Wildman–Crippen LogP) is 2.72. The van der Waals surface area contributed by atoms with Crippen LogP contribution in [0.4, 0.5) is 14.5 Å². The first-order chi connectivity index (χ1) is 15.9. The van der Waals surface area contributed by atoms with Gasteiger partial charge in [0.25, 0.3) is 12.0 Å². The lowest BCUT2D eigenvalue weighted by atomic mass is 10.0. The van der Waals surface area contributed by atoms with Gasteiger partial charge >= 0.3 is 5.69 Å². The minimum atomic E-state index is -2.50. The maximum absolute atomic E-state index is 12.7. The molecule has 0 unspecified atom stereocenters. The molecule has 4 aromatic rings. The summed E-state index contributed by atoms with van der Waals surface area (Å²) in [6.45, 7) is -0.492. The van der Waals surface area contributed by atoms with Crippen molar-refractivity contribution >= 4 is 17.5 Å². The van der Waals surface area contributed by atoms with E-state index in [0.717, 1.165) is 23.8 Å². The van der Waals surface area contributed by atoms with E-state index < -0.39 is 24.2 Å². The number of nitrogens with one attached hydrogen (secondary N) is 4. The van der Waals surface area contributed by atoms with Crippen molar-refractivity contribution in [3.63, 3.8) is 0 Å². The smallest absolute Gasteiger partial charge is 0.325 e. The van der Waals surface area contributed by atoms with Gasteiger partial charge in [0.15, 0.2) is 5.65 Å². The number of aromatic amines is 2. The first-order valence-corrected chi connectivity index (χ1v) is 10.3.